The fourth-order valence-electron chi connectivity index (χ4n) is 1.03. The predicted octanol–water partition coefficient (Wildman–Crippen LogP) is 1.31. The number of carbonyl (C=O) groups is 1. The lowest BCUT2D eigenvalue weighted by Gasteiger charge is -2.23. The molecule has 0 fully saturated rings. The Balaban J connectivity index is 3.88. The van der Waals surface area contributed by atoms with Gasteiger partial charge >= 0.3 is 0 Å². The van der Waals surface area contributed by atoms with Gasteiger partial charge in [-0.05, 0) is 26.9 Å². The predicted molar refractivity (Wildman–Crippen MR) is 43.1 cm³/mol. The first-order chi connectivity index (χ1) is 4.63. The van der Waals surface area contributed by atoms with Crippen molar-refractivity contribution in [2.75, 3.05) is 13.1 Å². The Hall–Kier alpha value is -0.370. The van der Waals surface area contributed by atoms with Gasteiger partial charge < -0.3 is 0 Å². The van der Waals surface area contributed by atoms with Crippen molar-refractivity contribution in [2.24, 2.45) is 0 Å². The van der Waals surface area contributed by atoms with Crippen molar-refractivity contribution in [3.05, 3.63) is 0 Å². The van der Waals surface area contributed by atoms with E-state index in [1.54, 1.807) is 6.92 Å². The average molecular weight is 143 g/mol. The van der Waals surface area contributed by atoms with E-state index in [1.165, 1.54) is 0 Å². The van der Waals surface area contributed by atoms with Gasteiger partial charge in [-0.1, -0.05) is 13.8 Å². The summed E-state index contributed by atoms with van der Waals surface area (Å²) < 4.78 is 0. The van der Waals surface area contributed by atoms with Crippen LogP contribution in [0.2, 0.25) is 0 Å². The zero-order valence-corrected chi connectivity index (χ0v) is 7.35. The second-order valence-electron chi connectivity index (χ2n) is 2.51. The van der Waals surface area contributed by atoms with Crippen LogP contribution < -0.4 is 0 Å². The molecule has 1 atom stereocenters. The molecule has 0 bridgehead atoms. The lowest BCUT2D eigenvalue weighted by Crippen LogP contribution is -2.37. The minimum absolute atomic E-state index is 0.0926. The molecule has 2 heteroatoms. The van der Waals surface area contributed by atoms with Crippen molar-refractivity contribution >= 4 is 5.78 Å². The summed E-state index contributed by atoms with van der Waals surface area (Å²) >= 11 is 0. The summed E-state index contributed by atoms with van der Waals surface area (Å²) in [6, 6.07) is 0.0926. The summed E-state index contributed by atoms with van der Waals surface area (Å²) in [5.74, 6) is 0.253. The normalized spacial score (nSPS) is 13.7. The maximum atomic E-state index is 10.9. The van der Waals surface area contributed by atoms with E-state index in [-0.39, 0.29) is 11.8 Å². The molecule has 0 aliphatic rings. The second-order valence-corrected chi connectivity index (χ2v) is 2.51. The number of Topliss-reactive ketones (excluding diaryl/α,β-unsaturated/α-hetero) is 1. The largest absolute Gasteiger partial charge is 0.298 e. The molecular formula is C8H17NO. The summed E-state index contributed by atoms with van der Waals surface area (Å²) in [6.07, 6.45) is 0. The molecule has 0 aromatic carbocycles. The van der Waals surface area contributed by atoms with Gasteiger partial charge in [0, 0.05) is 0 Å². The van der Waals surface area contributed by atoms with E-state index in [2.05, 4.69) is 18.7 Å². The van der Waals surface area contributed by atoms with E-state index < -0.39 is 0 Å². The van der Waals surface area contributed by atoms with Crippen LogP contribution in [-0.2, 0) is 4.79 Å². The molecule has 2 nitrogen and oxygen atoms in total. The third kappa shape index (κ3) is 2.48. The van der Waals surface area contributed by atoms with Crippen molar-refractivity contribution in [3.8, 4) is 0 Å². The average Bonchev–Trinajstić information content (AvgIpc) is 1.90. The quantitative estimate of drug-likeness (QED) is 0.591. The summed E-state index contributed by atoms with van der Waals surface area (Å²) in [5, 5.41) is 0. The lowest BCUT2D eigenvalue weighted by molar-refractivity contribution is -0.121. The van der Waals surface area contributed by atoms with Gasteiger partial charge in [0.15, 0.2) is 0 Å². The van der Waals surface area contributed by atoms with Crippen molar-refractivity contribution < 1.29 is 4.79 Å². The van der Waals surface area contributed by atoms with Crippen molar-refractivity contribution in [2.45, 2.75) is 33.7 Å². The smallest absolute Gasteiger partial charge is 0.146 e. The molecule has 0 aliphatic carbocycles. The van der Waals surface area contributed by atoms with E-state index in [0.717, 1.165) is 13.1 Å². The van der Waals surface area contributed by atoms with Crippen LogP contribution in [-0.4, -0.2) is 29.8 Å². The maximum Gasteiger partial charge on any atom is 0.146 e. The van der Waals surface area contributed by atoms with E-state index in [1.807, 2.05) is 6.92 Å². The summed E-state index contributed by atoms with van der Waals surface area (Å²) in [5.41, 5.74) is 0. The lowest BCUT2D eigenvalue weighted by atomic mass is 10.2. The highest BCUT2D eigenvalue weighted by Gasteiger charge is 2.13. The third-order valence-electron chi connectivity index (χ3n) is 1.95. The Morgan fingerprint density at radius 3 is 1.90 bits per heavy atom. The highest BCUT2D eigenvalue weighted by Crippen LogP contribution is 1.98. The molecule has 10 heavy (non-hydrogen) atoms. The zero-order chi connectivity index (χ0) is 8.15. The Kier molecular flexibility index (Phi) is 4.28. The Bertz CT molecular complexity index is 108. The minimum Gasteiger partial charge on any atom is -0.298 e. The molecule has 0 spiro atoms. The molecular weight excluding hydrogens is 126 g/mol. The Morgan fingerprint density at radius 2 is 1.80 bits per heavy atom. The first-order valence-electron chi connectivity index (χ1n) is 3.88. The first-order valence-corrected chi connectivity index (χ1v) is 3.88. The summed E-state index contributed by atoms with van der Waals surface area (Å²) in [7, 11) is 0. The van der Waals surface area contributed by atoms with Crippen LogP contribution in [0.15, 0.2) is 0 Å². The van der Waals surface area contributed by atoms with Gasteiger partial charge in [0.2, 0.25) is 0 Å². The number of hydrogen-bond acceptors (Lipinski definition) is 2. The van der Waals surface area contributed by atoms with E-state index in [9.17, 15) is 4.79 Å². The molecule has 0 heterocycles. The van der Waals surface area contributed by atoms with Gasteiger partial charge in [0.25, 0.3) is 0 Å². The molecule has 0 aromatic rings. The van der Waals surface area contributed by atoms with Gasteiger partial charge in [-0.25, -0.2) is 0 Å². The van der Waals surface area contributed by atoms with Gasteiger partial charge in [0.1, 0.15) is 5.78 Å². The van der Waals surface area contributed by atoms with Crippen molar-refractivity contribution in [1.29, 1.82) is 0 Å². The number of likely N-dealkylation sites (N-methyl/N-ethyl adjacent to an activating group) is 1. The fraction of sp³-hybridized carbons (Fsp3) is 0.875. The summed E-state index contributed by atoms with van der Waals surface area (Å²) in [4.78, 5) is 13.0. The molecule has 0 aromatic heterocycles. The first kappa shape index (κ1) is 9.63. The molecule has 0 radical (unpaired) electrons. The van der Waals surface area contributed by atoms with Gasteiger partial charge in [-0.15, -0.1) is 0 Å². The van der Waals surface area contributed by atoms with E-state index in [0.29, 0.717) is 0 Å². The fourth-order valence-corrected chi connectivity index (χ4v) is 1.03. The van der Waals surface area contributed by atoms with Crippen LogP contribution in [0.4, 0.5) is 0 Å². The van der Waals surface area contributed by atoms with E-state index in [4.69, 9.17) is 0 Å². The number of carbonyl (C=O) groups excluding carboxylic acids is 1. The van der Waals surface area contributed by atoms with Crippen molar-refractivity contribution in [3.63, 3.8) is 0 Å². The summed E-state index contributed by atoms with van der Waals surface area (Å²) in [6.45, 7) is 9.65. The number of rotatable bonds is 4. The topological polar surface area (TPSA) is 20.3 Å². The van der Waals surface area contributed by atoms with Crippen LogP contribution in [0.25, 0.3) is 0 Å². The standard InChI is InChI=1S/C8H17NO/c1-5-9(6-2)7(3)8(4)10/h7H,5-6H2,1-4H3/t7-/m0/s1. The highest BCUT2D eigenvalue weighted by molar-refractivity contribution is 5.80. The molecule has 60 valence electrons. The molecule has 0 N–H and O–H groups in total. The van der Waals surface area contributed by atoms with Gasteiger partial charge in [-0.3, -0.25) is 9.69 Å². The molecule has 0 saturated heterocycles. The number of ketones is 1. The molecule has 0 aliphatic heterocycles. The number of nitrogens with zero attached hydrogens (tertiary/aromatic N) is 1. The molecule has 0 unspecified atom stereocenters. The van der Waals surface area contributed by atoms with Crippen LogP contribution in [0.3, 0.4) is 0 Å². The van der Waals surface area contributed by atoms with Crippen LogP contribution in [0.5, 0.6) is 0 Å². The monoisotopic (exact) mass is 143 g/mol. The highest BCUT2D eigenvalue weighted by atomic mass is 16.1. The molecule has 0 saturated carbocycles. The molecule has 0 rings (SSSR count). The van der Waals surface area contributed by atoms with E-state index >= 15 is 0 Å². The van der Waals surface area contributed by atoms with Crippen LogP contribution in [0.1, 0.15) is 27.7 Å². The SMILES string of the molecule is CCN(CC)[C@@H](C)C(C)=O. The second kappa shape index (κ2) is 4.45. The van der Waals surface area contributed by atoms with Gasteiger partial charge in [-0.2, -0.15) is 0 Å². The maximum absolute atomic E-state index is 10.9. The Labute approximate surface area is 63.2 Å². The zero-order valence-electron chi connectivity index (χ0n) is 7.35. The van der Waals surface area contributed by atoms with Crippen LogP contribution in [0, 0.1) is 0 Å². The Morgan fingerprint density at radius 1 is 1.40 bits per heavy atom. The third-order valence-corrected chi connectivity index (χ3v) is 1.95. The minimum atomic E-state index is 0.0926. The molecule has 0 amide bonds. The van der Waals surface area contributed by atoms with Gasteiger partial charge in [0.05, 0.1) is 6.04 Å². The van der Waals surface area contributed by atoms with Crippen molar-refractivity contribution in [1.82, 2.24) is 4.90 Å². The number of hydrogen-bond donors (Lipinski definition) is 0. The van der Waals surface area contributed by atoms with Crippen LogP contribution >= 0.6 is 0 Å².